The highest BCUT2D eigenvalue weighted by Gasteiger charge is 2.00. The monoisotopic (exact) mass is 225 g/mol. The average Bonchev–Trinajstić information content (AvgIpc) is 2.20. The molecular weight excluding hydrogens is 218 g/mol. The molecule has 5 heteroatoms. The van der Waals surface area contributed by atoms with E-state index >= 15 is 0 Å². The predicted molar refractivity (Wildman–Crippen MR) is 58.3 cm³/mol. The minimum absolute atomic E-state index is 0.0324. The SMILES string of the molecule is N#CC(N)=C(N)Sc1ccc(Cl)cc1. The number of benzene rings is 1. The van der Waals surface area contributed by atoms with Crippen LogP contribution in [0.15, 0.2) is 39.9 Å². The van der Waals surface area contributed by atoms with Crippen molar-refractivity contribution in [2.75, 3.05) is 0 Å². The lowest BCUT2D eigenvalue weighted by Gasteiger charge is -2.01. The Labute approximate surface area is 91.3 Å². The van der Waals surface area contributed by atoms with Crippen LogP contribution in [0.25, 0.3) is 0 Å². The van der Waals surface area contributed by atoms with E-state index in [-0.39, 0.29) is 5.70 Å². The van der Waals surface area contributed by atoms with Crippen molar-refractivity contribution in [3.05, 3.63) is 40.0 Å². The van der Waals surface area contributed by atoms with Gasteiger partial charge in [-0.25, -0.2) is 0 Å². The van der Waals surface area contributed by atoms with Crippen molar-refractivity contribution in [2.24, 2.45) is 11.5 Å². The van der Waals surface area contributed by atoms with Gasteiger partial charge in [-0.2, -0.15) is 5.26 Å². The number of hydrogen-bond acceptors (Lipinski definition) is 4. The number of nitriles is 1. The van der Waals surface area contributed by atoms with Gasteiger partial charge in [0.2, 0.25) is 0 Å². The molecule has 0 aliphatic rings. The van der Waals surface area contributed by atoms with Gasteiger partial charge in [-0.3, -0.25) is 0 Å². The molecule has 0 atom stereocenters. The third-order valence-corrected chi connectivity index (χ3v) is 2.63. The zero-order chi connectivity index (χ0) is 10.6. The highest BCUT2D eigenvalue weighted by Crippen LogP contribution is 2.25. The van der Waals surface area contributed by atoms with E-state index in [0.717, 1.165) is 4.90 Å². The van der Waals surface area contributed by atoms with Gasteiger partial charge in [0, 0.05) is 9.92 Å². The molecule has 0 radical (unpaired) electrons. The van der Waals surface area contributed by atoms with Crippen molar-refractivity contribution in [1.82, 2.24) is 0 Å². The molecule has 0 aliphatic heterocycles. The van der Waals surface area contributed by atoms with Crippen LogP contribution in [-0.4, -0.2) is 0 Å². The van der Waals surface area contributed by atoms with Gasteiger partial charge in [0.25, 0.3) is 0 Å². The first kappa shape index (κ1) is 10.8. The Balaban J connectivity index is 2.81. The van der Waals surface area contributed by atoms with Crippen LogP contribution in [0.2, 0.25) is 5.02 Å². The maximum absolute atomic E-state index is 8.48. The van der Waals surface area contributed by atoms with Gasteiger partial charge < -0.3 is 11.5 Å². The lowest BCUT2D eigenvalue weighted by atomic mass is 10.4. The molecule has 0 unspecified atom stereocenters. The van der Waals surface area contributed by atoms with E-state index in [1.807, 2.05) is 12.1 Å². The maximum Gasteiger partial charge on any atom is 0.141 e. The summed E-state index contributed by atoms with van der Waals surface area (Å²) in [5.41, 5.74) is 10.9. The highest BCUT2D eigenvalue weighted by atomic mass is 35.5. The van der Waals surface area contributed by atoms with Crippen molar-refractivity contribution in [2.45, 2.75) is 4.90 Å². The molecule has 0 fully saturated rings. The number of nitrogens with two attached hydrogens (primary N) is 2. The number of hydrogen-bond donors (Lipinski definition) is 2. The van der Waals surface area contributed by atoms with Crippen molar-refractivity contribution < 1.29 is 0 Å². The first-order valence-electron chi connectivity index (χ1n) is 3.72. The van der Waals surface area contributed by atoms with Crippen molar-refractivity contribution in [1.29, 1.82) is 5.26 Å². The molecule has 14 heavy (non-hydrogen) atoms. The van der Waals surface area contributed by atoms with Gasteiger partial charge in [0.05, 0.1) is 0 Å². The fraction of sp³-hybridized carbons (Fsp3) is 0. The summed E-state index contributed by atoms with van der Waals surface area (Å²) in [6.45, 7) is 0. The number of allylic oxidation sites excluding steroid dienone is 1. The fourth-order valence-electron chi connectivity index (χ4n) is 0.740. The van der Waals surface area contributed by atoms with E-state index in [1.165, 1.54) is 11.8 Å². The summed E-state index contributed by atoms with van der Waals surface area (Å²) in [7, 11) is 0. The summed E-state index contributed by atoms with van der Waals surface area (Å²) in [4.78, 5) is 0.894. The van der Waals surface area contributed by atoms with Crippen LogP contribution in [-0.2, 0) is 0 Å². The van der Waals surface area contributed by atoms with Crippen molar-refractivity contribution >= 4 is 23.4 Å². The molecule has 72 valence electrons. The van der Waals surface area contributed by atoms with Gasteiger partial charge >= 0.3 is 0 Å². The quantitative estimate of drug-likeness (QED) is 0.597. The van der Waals surface area contributed by atoms with Crippen LogP contribution in [0, 0.1) is 11.3 Å². The molecule has 0 aliphatic carbocycles. The van der Waals surface area contributed by atoms with Gasteiger partial charge in [-0.05, 0) is 24.3 Å². The largest absolute Gasteiger partial charge is 0.391 e. The minimum Gasteiger partial charge on any atom is -0.391 e. The smallest absolute Gasteiger partial charge is 0.141 e. The number of rotatable bonds is 2. The van der Waals surface area contributed by atoms with E-state index in [2.05, 4.69) is 0 Å². The summed E-state index contributed by atoms with van der Waals surface area (Å²) in [6, 6.07) is 8.90. The second kappa shape index (κ2) is 4.80. The van der Waals surface area contributed by atoms with Gasteiger partial charge in [0.1, 0.15) is 16.8 Å². The van der Waals surface area contributed by atoms with Crippen molar-refractivity contribution in [3.63, 3.8) is 0 Å². The second-order valence-electron chi connectivity index (χ2n) is 2.45. The van der Waals surface area contributed by atoms with Crippen LogP contribution in [0.4, 0.5) is 0 Å². The number of halogens is 1. The summed E-state index contributed by atoms with van der Waals surface area (Å²) < 4.78 is 0. The van der Waals surface area contributed by atoms with E-state index < -0.39 is 0 Å². The van der Waals surface area contributed by atoms with Gasteiger partial charge in [-0.15, -0.1) is 0 Å². The third-order valence-electron chi connectivity index (χ3n) is 1.43. The highest BCUT2D eigenvalue weighted by molar-refractivity contribution is 8.03. The first-order valence-corrected chi connectivity index (χ1v) is 4.91. The van der Waals surface area contributed by atoms with Crippen LogP contribution in [0.1, 0.15) is 0 Å². The van der Waals surface area contributed by atoms with Crippen LogP contribution >= 0.6 is 23.4 Å². The normalized spacial score (nSPS) is 11.7. The van der Waals surface area contributed by atoms with E-state index in [1.54, 1.807) is 18.2 Å². The van der Waals surface area contributed by atoms with Crippen LogP contribution in [0.5, 0.6) is 0 Å². The molecule has 1 rings (SSSR count). The zero-order valence-electron chi connectivity index (χ0n) is 7.20. The first-order chi connectivity index (χ1) is 6.63. The van der Waals surface area contributed by atoms with Crippen LogP contribution < -0.4 is 11.5 Å². The second-order valence-corrected chi connectivity index (χ2v) is 4.00. The molecule has 1 aromatic carbocycles. The molecule has 1 aromatic rings. The summed E-state index contributed by atoms with van der Waals surface area (Å²) in [6.07, 6.45) is 0. The molecular formula is C9H8ClN3S. The van der Waals surface area contributed by atoms with Gasteiger partial charge in [-0.1, -0.05) is 23.4 Å². The Kier molecular flexibility index (Phi) is 3.69. The van der Waals surface area contributed by atoms with Crippen LogP contribution in [0.3, 0.4) is 0 Å². The molecule has 0 saturated heterocycles. The molecule has 0 aromatic heterocycles. The Hall–Kier alpha value is -1.31. The van der Waals surface area contributed by atoms with E-state index in [9.17, 15) is 0 Å². The Morgan fingerprint density at radius 1 is 1.29 bits per heavy atom. The van der Waals surface area contributed by atoms with Crippen molar-refractivity contribution in [3.8, 4) is 6.07 Å². The minimum atomic E-state index is 0.0324. The molecule has 0 saturated carbocycles. The third kappa shape index (κ3) is 2.87. The summed E-state index contributed by atoms with van der Waals surface area (Å²) in [5.74, 6) is 0. The van der Waals surface area contributed by atoms with Gasteiger partial charge in [0.15, 0.2) is 0 Å². The predicted octanol–water partition coefficient (Wildman–Crippen LogP) is 2.04. The lowest BCUT2D eigenvalue weighted by Crippen LogP contribution is -2.04. The maximum atomic E-state index is 8.48. The number of nitrogens with zero attached hydrogens (tertiary/aromatic N) is 1. The van der Waals surface area contributed by atoms with E-state index in [0.29, 0.717) is 10.1 Å². The molecule has 0 bridgehead atoms. The molecule has 4 N–H and O–H groups in total. The Morgan fingerprint density at radius 3 is 2.36 bits per heavy atom. The molecule has 0 heterocycles. The molecule has 3 nitrogen and oxygen atoms in total. The summed E-state index contributed by atoms with van der Waals surface area (Å²) >= 11 is 6.94. The molecule has 0 amide bonds. The number of thioether (sulfide) groups is 1. The topological polar surface area (TPSA) is 75.8 Å². The Bertz CT molecular complexity index is 392. The average molecular weight is 226 g/mol. The fourth-order valence-corrected chi connectivity index (χ4v) is 1.55. The molecule has 0 spiro atoms. The zero-order valence-corrected chi connectivity index (χ0v) is 8.77. The Morgan fingerprint density at radius 2 is 1.86 bits per heavy atom. The van der Waals surface area contributed by atoms with E-state index in [4.69, 9.17) is 28.3 Å². The standard InChI is InChI=1S/C9H8ClN3S/c10-6-1-3-7(4-2-6)14-9(13)8(12)5-11/h1-4H,12-13H2. The lowest BCUT2D eigenvalue weighted by molar-refractivity contribution is 1.32. The summed E-state index contributed by atoms with van der Waals surface area (Å²) in [5, 5.41) is 9.44.